The molecule has 2 heteroatoms. The lowest BCUT2D eigenvalue weighted by Gasteiger charge is -2.36. The predicted molar refractivity (Wildman–Crippen MR) is 49.9 cm³/mol. The second-order valence-electron chi connectivity index (χ2n) is 4.02. The maximum absolute atomic E-state index is 11.5. The molecule has 0 radical (unpaired) electrons. The van der Waals surface area contributed by atoms with Crippen LogP contribution in [0.5, 0.6) is 0 Å². The summed E-state index contributed by atoms with van der Waals surface area (Å²) in [5.74, 6) is 0.266. The molecular formula is C10H19NO. The van der Waals surface area contributed by atoms with Gasteiger partial charge in [0.2, 0.25) is 5.91 Å². The van der Waals surface area contributed by atoms with Gasteiger partial charge in [-0.2, -0.15) is 0 Å². The third kappa shape index (κ3) is 1.99. The lowest BCUT2D eigenvalue weighted by molar-refractivity contribution is -0.134. The van der Waals surface area contributed by atoms with Gasteiger partial charge in [-0.3, -0.25) is 4.79 Å². The molecule has 1 aliphatic carbocycles. The van der Waals surface area contributed by atoms with Crippen LogP contribution in [0.3, 0.4) is 0 Å². The van der Waals surface area contributed by atoms with Gasteiger partial charge in [0.25, 0.3) is 0 Å². The Hall–Kier alpha value is -0.530. The minimum absolute atomic E-state index is 0.0201. The third-order valence-electron chi connectivity index (χ3n) is 2.82. The standard InChI is InChI=1S/C10H19NO/c1-3-4-8-11-9(12)10(2)6-5-7-10/h3-8H2,1-2H3,(H,11,12). The number of unbranched alkanes of at least 4 members (excludes halogenated alkanes) is 1. The molecule has 0 saturated heterocycles. The van der Waals surface area contributed by atoms with Gasteiger partial charge >= 0.3 is 0 Å². The van der Waals surface area contributed by atoms with Crippen molar-refractivity contribution >= 4 is 5.91 Å². The Labute approximate surface area is 74.7 Å². The average molecular weight is 169 g/mol. The molecule has 0 spiro atoms. The van der Waals surface area contributed by atoms with Gasteiger partial charge < -0.3 is 5.32 Å². The molecule has 0 aromatic rings. The Morgan fingerprint density at radius 1 is 1.50 bits per heavy atom. The summed E-state index contributed by atoms with van der Waals surface area (Å²) in [6.07, 6.45) is 5.62. The molecule has 1 rings (SSSR count). The smallest absolute Gasteiger partial charge is 0.225 e. The fourth-order valence-electron chi connectivity index (χ4n) is 1.53. The van der Waals surface area contributed by atoms with Crippen molar-refractivity contribution in [3.05, 3.63) is 0 Å². The van der Waals surface area contributed by atoms with Gasteiger partial charge in [0, 0.05) is 12.0 Å². The number of carbonyl (C=O) groups excluding carboxylic acids is 1. The van der Waals surface area contributed by atoms with Gasteiger partial charge in [-0.1, -0.05) is 26.7 Å². The molecule has 0 aliphatic heterocycles. The van der Waals surface area contributed by atoms with Crippen molar-refractivity contribution in [1.82, 2.24) is 5.32 Å². The molecule has 0 unspecified atom stereocenters. The molecule has 1 aliphatic rings. The van der Waals surface area contributed by atoms with Gasteiger partial charge in [0.1, 0.15) is 0 Å². The Morgan fingerprint density at radius 3 is 2.58 bits per heavy atom. The normalized spacial score (nSPS) is 19.8. The monoisotopic (exact) mass is 169 g/mol. The summed E-state index contributed by atoms with van der Waals surface area (Å²) in [4.78, 5) is 11.5. The van der Waals surface area contributed by atoms with Crippen LogP contribution in [-0.2, 0) is 4.79 Å². The summed E-state index contributed by atoms with van der Waals surface area (Å²) in [5.41, 5.74) is -0.0201. The Kier molecular flexibility index (Phi) is 3.12. The van der Waals surface area contributed by atoms with E-state index in [1.54, 1.807) is 0 Å². The van der Waals surface area contributed by atoms with Gasteiger partial charge in [-0.15, -0.1) is 0 Å². The third-order valence-corrected chi connectivity index (χ3v) is 2.82. The van der Waals surface area contributed by atoms with Gasteiger partial charge in [-0.25, -0.2) is 0 Å². The zero-order chi connectivity index (χ0) is 9.03. The molecule has 2 nitrogen and oxygen atoms in total. The molecule has 12 heavy (non-hydrogen) atoms. The number of hydrogen-bond donors (Lipinski definition) is 1. The van der Waals surface area contributed by atoms with Crippen LogP contribution in [-0.4, -0.2) is 12.5 Å². The van der Waals surface area contributed by atoms with Crippen LogP contribution in [0.1, 0.15) is 46.0 Å². The van der Waals surface area contributed by atoms with Crippen LogP contribution in [0.4, 0.5) is 0 Å². The fourth-order valence-corrected chi connectivity index (χ4v) is 1.53. The highest BCUT2D eigenvalue weighted by atomic mass is 16.2. The van der Waals surface area contributed by atoms with Crippen LogP contribution < -0.4 is 5.32 Å². The highest BCUT2D eigenvalue weighted by molar-refractivity contribution is 5.82. The summed E-state index contributed by atoms with van der Waals surface area (Å²) in [5, 5.41) is 2.99. The molecule has 0 aromatic heterocycles. The van der Waals surface area contributed by atoms with E-state index >= 15 is 0 Å². The van der Waals surface area contributed by atoms with Gasteiger partial charge in [0.15, 0.2) is 0 Å². The quantitative estimate of drug-likeness (QED) is 0.641. The summed E-state index contributed by atoms with van der Waals surface area (Å²) in [7, 11) is 0. The zero-order valence-corrected chi connectivity index (χ0v) is 8.15. The largest absolute Gasteiger partial charge is 0.356 e. The predicted octanol–water partition coefficient (Wildman–Crippen LogP) is 2.09. The van der Waals surface area contributed by atoms with Crippen LogP contribution in [0.15, 0.2) is 0 Å². The lowest BCUT2D eigenvalue weighted by atomic mass is 9.70. The molecule has 0 aromatic carbocycles. The van der Waals surface area contributed by atoms with E-state index in [0.29, 0.717) is 0 Å². The SMILES string of the molecule is CCCCNC(=O)C1(C)CCC1. The maximum atomic E-state index is 11.5. The fraction of sp³-hybridized carbons (Fsp3) is 0.900. The lowest BCUT2D eigenvalue weighted by Crippen LogP contribution is -2.43. The van der Waals surface area contributed by atoms with Crippen molar-refractivity contribution in [3.63, 3.8) is 0 Å². The topological polar surface area (TPSA) is 29.1 Å². The first-order valence-electron chi connectivity index (χ1n) is 4.97. The number of carbonyl (C=O) groups is 1. The van der Waals surface area contributed by atoms with E-state index < -0.39 is 0 Å². The number of rotatable bonds is 4. The van der Waals surface area contributed by atoms with Crippen LogP contribution >= 0.6 is 0 Å². The first-order chi connectivity index (χ1) is 5.69. The van der Waals surface area contributed by atoms with E-state index in [9.17, 15) is 4.79 Å². The van der Waals surface area contributed by atoms with E-state index in [4.69, 9.17) is 0 Å². The molecule has 1 fully saturated rings. The Balaban J connectivity index is 2.19. The second kappa shape index (κ2) is 3.92. The summed E-state index contributed by atoms with van der Waals surface area (Å²) < 4.78 is 0. The summed E-state index contributed by atoms with van der Waals surface area (Å²) in [6, 6.07) is 0. The van der Waals surface area contributed by atoms with Crippen molar-refractivity contribution in [2.75, 3.05) is 6.54 Å². The number of amides is 1. The van der Waals surface area contributed by atoms with E-state index in [1.165, 1.54) is 6.42 Å². The van der Waals surface area contributed by atoms with E-state index in [2.05, 4.69) is 19.2 Å². The number of hydrogen-bond acceptors (Lipinski definition) is 1. The number of nitrogens with one attached hydrogen (secondary N) is 1. The Bertz CT molecular complexity index is 161. The molecule has 0 heterocycles. The highest BCUT2D eigenvalue weighted by Crippen LogP contribution is 2.40. The molecular weight excluding hydrogens is 150 g/mol. The minimum atomic E-state index is -0.0201. The molecule has 1 amide bonds. The second-order valence-corrected chi connectivity index (χ2v) is 4.02. The van der Waals surface area contributed by atoms with Crippen LogP contribution in [0.2, 0.25) is 0 Å². The minimum Gasteiger partial charge on any atom is -0.356 e. The van der Waals surface area contributed by atoms with E-state index in [0.717, 1.165) is 32.2 Å². The Morgan fingerprint density at radius 2 is 2.17 bits per heavy atom. The molecule has 0 bridgehead atoms. The molecule has 70 valence electrons. The van der Waals surface area contributed by atoms with Crippen molar-refractivity contribution in [1.29, 1.82) is 0 Å². The van der Waals surface area contributed by atoms with Gasteiger partial charge in [0.05, 0.1) is 0 Å². The zero-order valence-electron chi connectivity index (χ0n) is 8.15. The van der Waals surface area contributed by atoms with E-state index in [1.807, 2.05) is 0 Å². The first-order valence-corrected chi connectivity index (χ1v) is 4.97. The molecule has 1 N–H and O–H groups in total. The molecule has 0 atom stereocenters. The van der Waals surface area contributed by atoms with Crippen molar-refractivity contribution in [2.24, 2.45) is 5.41 Å². The van der Waals surface area contributed by atoms with Crippen LogP contribution in [0, 0.1) is 5.41 Å². The maximum Gasteiger partial charge on any atom is 0.225 e. The van der Waals surface area contributed by atoms with E-state index in [-0.39, 0.29) is 11.3 Å². The summed E-state index contributed by atoms with van der Waals surface area (Å²) in [6.45, 7) is 5.06. The first kappa shape index (κ1) is 9.56. The van der Waals surface area contributed by atoms with Crippen molar-refractivity contribution in [2.45, 2.75) is 46.0 Å². The van der Waals surface area contributed by atoms with Gasteiger partial charge in [-0.05, 0) is 19.3 Å². The van der Waals surface area contributed by atoms with Crippen molar-refractivity contribution < 1.29 is 4.79 Å². The molecule has 1 saturated carbocycles. The average Bonchev–Trinajstić information content (AvgIpc) is 2.00. The van der Waals surface area contributed by atoms with Crippen LogP contribution in [0.25, 0.3) is 0 Å². The summed E-state index contributed by atoms with van der Waals surface area (Å²) >= 11 is 0. The highest BCUT2D eigenvalue weighted by Gasteiger charge is 2.38. The van der Waals surface area contributed by atoms with Crippen molar-refractivity contribution in [3.8, 4) is 0 Å².